The zero-order chi connectivity index (χ0) is 17.3. The number of carbonyl (C=O) groups excluding carboxylic acids is 1. The molecule has 5 nitrogen and oxygen atoms in total. The minimum Gasteiger partial charge on any atom is -0.497 e. The molecule has 3 heterocycles. The molecule has 5 heteroatoms. The van der Waals surface area contributed by atoms with E-state index in [0.29, 0.717) is 12.1 Å². The van der Waals surface area contributed by atoms with E-state index >= 15 is 0 Å². The Balaban J connectivity index is 1.30. The van der Waals surface area contributed by atoms with E-state index in [1.54, 1.807) is 7.11 Å². The standard InChI is InChI=1S/C20H28N2O3/c1-24-17-5-4-15-12-16(14-25-18(15)13-17)19(23)21-9-8-20-6-2-10-22(20)11-3-7-20/h4-5,13,16H,2-3,6-12,14H2,1H3,(H,21,23)/t16-/m0/s1. The summed E-state index contributed by atoms with van der Waals surface area (Å²) < 4.78 is 11.0. The predicted molar refractivity (Wildman–Crippen MR) is 96.1 cm³/mol. The zero-order valence-electron chi connectivity index (χ0n) is 15.1. The number of hydrogen-bond acceptors (Lipinski definition) is 4. The van der Waals surface area contributed by atoms with Gasteiger partial charge in [-0.1, -0.05) is 6.07 Å². The first kappa shape index (κ1) is 16.7. The molecule has 0 spiro atoms. The van der Waals surface area contributed by atoms with Gasteiger partial charge < -0.3 is 14.8 Å². The number of fused-ring (bicyclic) bond motifs is 2. The maximum absolute atomic E-state index is 12.6. The van der Waals surface area contributed by atoms with Gasteiger partial charge in [0.1, 0.15) is 18.1 Å². The highest BCUT2D eigenvalue weighted by Crippen LogP contribution is 2.41. The summed E-state index contributed by atoms with van der Waals surface area (Å²) in [6.45, 7) is 3.71. The number of carbonyl (C=O) groups is 1. The number of hydrogen-bond donors (Lipinski definition) is 1. The lowest BCUT2D eigenvalue weighted by Crippen LogP contribution is -2.43. The lowest BCUT2D eigenvalue weighted by molar-refractivity contribution is -0.126. The van der Waals surface area contributed by atoms with Gasteiger partial charge in [-0.3, -0.25) is 9.69 Å². The van der Waals surface area contributed by atoms with Gasteiger partial charge in [0.2, 0.25) is 5.91 Å². The van der Waals surface area contributed by atoms with Gasteiger partial charge >= 0.3 is 0 Å². The first-order valence-corrected chi connectivity index (χ1v) is 9.53. The molecule has 2 saturated heterocycles. The second kappa shape index (κ2) is 6.87. The molecule has 1 atom stereocenters. The molecule has 0 aliphatic carbocycles. The van der Waals surface area contributed by atoms with Crippen molar-refractivity contribution in [1.29, 1.82) is 0 Å². The smallest absolute Gasteiger partial charge is 0.226 e. The van der Waals surface area contributed by atoms with E-state index < -0.39 is 0 Å². The van der Waals surface area contributed by atoms with Crippen LogP contribution < -0.4 is 14.8 Å². The van der Waals surface area contributed by atoms with Crippen molar-refractivity contribution in [2.45, 2.75) is 44.1 Å². The fraction of sp³-hybridized carbons (Fsp3) is 0.650. The molecule has 0 aromatic heterocycles. The molecule has 0 saturated carbocycles. The highest BCUT2D eigenvalue weighted by atomic mass is 16.5. The first-order chi connectivity index (χ1) is 12.2. The third-order valence-corrected chi connectivity index (χ3v) is 6.25. The summed E-state index contributed by atoms with van der Waals surface area (Å²) in [5.74, 6) is 1.66. The summed E-state index contributed by atoms with van der Waals surface area (Å²) in [6.07, 6.45) is 7.03. The molecular formula is C20H28N2O3. The van der Waals surface area contributed by atoms with Crippen LogP contribution in [0, 0.1) is 5.92 Å². The summed E-state index contributed by atoms with van der Waals surface area (Å²) >= 11 is 0. The van der Waals surface area contributed by atoms with Crippen LogP contribution in [0.25, 0.3) is 0 Å². The van der Waals surface area contributed by atoms with Crippen LogP contribution in [-0.4, -0.2) is 49.7 Å². The van der Waals surface area contributed by atoms with Crippen LogP contribution in [0.2, 0.25) is 0 Å². The van der Waals surface area contributed by atoms with Crippen LogP contribution >= 0.6 is 0 Å². The summed E-state index contributed by atoms with van der Waals surface area (Å²) in [7, 11) is 1.65. The van der Waals surface area contributed by atoms with Gasteiger partial charge in [0, 0.05) is 18.2 Å². The Kier molecular flexibility index (Phi) is 4.59. The zero-order valence-corrected chi connectivity index (χ0v) is 15.1. The van der Waals surface area contributed by atoms with Crippen LogP contribution in [0.15, 0.2) is 18.2 Å². The Morgan fingerprint density at radius 1 is 1.36 bits per heavy atom. The molecule has 25 heavy (non-hydrogen) atoms. The molecule has 0 unspecified atom stereocenters. The molecule has 4 rings (SSSR count). The lowest BCUT2D eigenvalue weighted by Gasteiger charge is -2.32. The van der Waals surface area contributed by atoms with E-state index in [0.717, 1.165) is 36.4 Å². The maximum atomic E-state index is 12.6. The SMILES string of the molecule is COc1ccc2c(c1)OC[C@@H](C(=O)NCCC13CCCN1CCC3)C2. The number of rotatable bonds is 5. The highest BCUT2D eigenvalue weighted by molar-refractivity contribution is 5.79. The number of amides is 1. The number of ether oxygens (including phenoxy) is 2. The minimum atomic E-state index is -0.0957. The summed E-state index contributed by atoms with van der Waals surface area (Å²) in [5.41, 5.74) is 1.46. The van der Waals surface area contributed by atoms with Crippen molar-refractivity contribution < 1.29 is 14.3 Å². The number of nitrogens with one attached hydrogen (secondary N) is 1. The highest BCUT2D eigenvalue weighted by Gasteiger charge is 2.43. The van der Waals surface area contributed by atoms with E-state index in [2.05, 4.69) is 10.2 Å². The normalized spacial score (nSPS) is 24.3. The third kappa shape index (κ3) is 3.22. The van der Waals surface area contributed by atoms with Crippen molar-refractivity contribution in [2.24, 2.45) is 5.92 Å². The molecule has 2 fully saturated rings. The molecule has 1 N–H and O–H groups in total. The minimum absolute atomic E-state index is 0.0957. The Morgan fingerprint density at radius 2 is 2.16 bits per heavy atom. The molecule has 1 aromatic carbocycles. The van der Waals surface area contributed by atoms with Gasteiger partial charge in [-0.25, -0.2) is 0 Å². The van der Waals surface area contributed by atoms with E-state index in [1.807, 2.05) is 18.2 Å². The fourth-order valence-electron chi connectivity index (χ4n) is 4.84. The molecule has 1 aromatic rings. The first-order valence-electron chi connectivity index (χ1n) is 9.53. The molecule has 136 valence electrons. The summed E-state index contributed by atoms with van der Waals surface area (Å²) in [4.78, 5) is 15.2. The van der Waals surface area contributed by atoms with Gasteiger partial charge in [-0.15, -0.1) is 0 Å². The van der Waals surface area contributed by atoms with Crippen molar-refractivity contribution in [3.05, 3.63) is 23.8 Å². The molecule has 0 radical (unpaired) electrons. The Labute approximate surface area is 149 Å². The van der Waals surface area contributed by atoms with Crippen LogP contribution in [0.4, 0.5) is 0 Å². The van der Waals surface area contributed by atoms with Crippen molar-refractivity contribution >= 4 is 5.91 Å². The predicted octanol–water partition coefficient (Wildman–Crippen LogP) is 2.38. The largest absolute Gasteiger partial charge is 0.497 e. The second-order valence-corrected chi connectivity index (χ2v) is 7.65. The quantitative estimate of drug-likeness (QED) is 0.891. The van der Waals surface area contributed by atoms with Gasteiger partial charge in [0.25, 0.3) is 0 Å². The monoisotopic (exact) mass is 344 g/mol. The van der Waals surface area contributed by atoms with Gasteiger partial charge in [-0.05, 0) is 63.2 Å². The van der Waals surface area contributed by atoms with Gasteiger partial charge in [-0.2, -0.15) is 0 Å². The lowest BCUT2D eigenvalue weighted by atomic mass is 9.90. The van der Waals surface area contributed by atoms with E-state index in [4.69, 9.17) is 9.47 Å². The molecule has 3 aliphatic heterocycles. The van der Waals surface area contributed by atoms with E-state index in [1.165, 1.54) is 38.8 Å². The Bertz CT molecular complexity index is 636. The molecular weight excluding hydrogens is 316 g/mol. The van der Waals surface area contributed by atoms with E-state index in [9.17, 15) is 4.79 Å². The van der Waals surface area contributed by atoms with E-state index in [-0.39, 0.29) is 11.8 Å². The van der Waals surface area contributed by atoms with Crippen LogP contribution in [0.3, 0.4) is 0 Å². The summed E-state index contributed by atoms with van der Waals surface area (Å²) in [6, 6.07) is 5.83. The number of methoxy groups -OCH3 is 1. The van der Waals surface area contributed by atoms with Crippen molar-refractivity contribution in [1.82, 2.24) is 10.2 Å². The van der Waals surface area contributed by atoms with Crippen LogP contribution in [-0.2, 0) is 11.2 Å². The third-order valence-electron chi connectivity index (χ3n) is 6.25. The van der Waals surface area contributed by atoms with Crippen LogP contribution in [0.5, 0.6) is 11.5 Å². The average molecular weight is 344 g/mol. The average Bonchev–Trinajstić information content (AvgIpc) is 3.20. The summed E-state index contributed by atoms with van der Waals surface area (Å²) in [5, 5.41) is 3.17. The van der Waals surface area contributed by atoms with Gasteiger partial charge in [0.05, 0.1) is 13.0 Å². The van der Waals surface area contributed by atoms with Crippen molar-refractivity contribution in [3.8, 4) is 11.5 Å². The topological polar surface area (TPSA) is 50.8 Å². The maximum Gasteiger partial charge on any atom is 0.226 e. The van der Waals surface area contributed by atoms with Crippen LogP contribution in [0.1, 0.15) is 37.7 Å². The second-order valence-electron chi connectivity index (χ2n) is 7.65. The Hall–Kier alpha value is -1.75. The number of nitrogens with zero attached hydrogens (tertiary/aromatic N) is 1. The number of benzene rings is 1. The molecule has 3 aliphatic rings. The van der Waals surface area contributed by atoms with Crippen molar-refractivity contribution in [3.63, 3.8) is 0 Å². The fourth-order valence-corrected chi connectivity index (χ4v) is 4.84. The Morgan fingerprint density at radius 3 is 2.92 bits per heavy atom. The van der Waals surface area contributed by atoms with Crippen molar-refractivity contribution in [2.75, 3.05) is 33.4 Å². The molecule has 0 bridgehead atoms. The molecule has 1 amide bonds. The van der Waals surface area contributed by atoms with Gasteiger partial charge in [0.15, 0.2) is 0 Å².